The van der Waals surface area contributed by atoms with Crippen LogP contribution in [0.1, 0.15) is 18.4 Å². The maximum atomic E-state index is 14.6. The van der Waals surface area contributed by atoms with Gasteiger partial charge in [0.05, 0.1) is 49.5 Å². The van der Waals surface area contributed by atoms with E-state index >= 15 is 0 Å². The van der Waals surface area contributed by atoms with Gasteiger partial charge >= 0.3 is 0 Å². The summed E-state index contributed by atoms with van der Waals surface area (Å²) in [4.78, 5) is 1.25. The van der Waals surface area contributed by atoms with Gasteiger partial charge in [-0.05, 0) is 30.2 Å². The van der Waals surface area contributed by atoms with Crippen molar-refractivity contribution in [3.8, 4) is 18.2 Å². The normalized spacial score (nSPS) is 29.5. The maximum absolute atomic E-state index is 14.6. The monoisotopic (exact) mass is 348 g/mol. The average molecular weight is 348 g/mol. The summed E-state index contributed by atoms with van der Waals surface area (Å²) < 4.78 is 14.6. The van der Waals surface area contributed by atoms with Crippen LogP contribution in [0.4, 0.5) is 4.39 Å². The Morgan fingerprint density at radius 1 is 1.27 bits per heavy atom. The number of fused-ring (bicyclic) bond motifs is 1. The lowest BCUT2D eigenvalue weighted by molar-refractivity contribution is -0.897. The first kappa shape index (κ1) is 17.8. The van der Waals surface area contributed by atoms with Gasteiger partial charge in [0.2, 0.25) is 5.41 Å². The molecule has 1 saturated carbocycles. The minimum absolute atomic E-state index is 0.235. The van der Waals surface area contributed by atoms with Gasteiger partial charge in [-0.25, -0.2) is 4.39 Å². The first-order chi connectivity index (χ1) is 12.5. The number of halogens is 1. The van der Waals surface area contributed by atoms with Gasteiger partial charge in [0.15, 0.2) is 0 Å². The number of nitrogens with zero attached hydrogens (tertiary/aromatic N) is 3. The minimum atomic E-state index is -1.73. The predicted octanol–water partition coefficient (Wildman–Crippen LogP) is 1.58. The van der Waals surface area contributed by atoms with Crippen LogP contribution in [-0.4, -0.2) is 25.3 Å². The van der Waals surface area contributed by atoms with Gasteiger partial charge in [-0.2, -0.15) is 15.8 Å². The molecule has 1 heterocycles. The molecule has 3 rings (SSSR count). The number of hydrogen-bond acceptors (Lipinski definition) is 4. The quantitative estimate of drug-likeness (QED) is 0.794. The first-order valence-electron chi connectivity index (χ1n) is 8.63. The van der Waals surface area contributed by atoms with Crippen LogP contribution >= 0.6 is 0 Å². The summed E-state index contributed by atoms with van der Waals surface area (Å²) in [5, 5.41) is 37.8. The lowest BCUT2D eigenvalue weighted by Crippen LogP contribution is -3.13. The minimum Gasteiger partial charge on any atom is -0.331 e. The van der Waals surface area contributed by atoms with Gasteiger partial charge in [0.1, 0.15) is 5.82 Å². The molecule has 5 nitrogen and oxygen atoms in total. The third-order valence-electron chi connectivity index (χ3n) is 5.70. The van der Waals surface area contributed by atoms with E-state index in [1.165, 1.54) is 11.0 Å². The van der Waals surface area contributed by atoms with Crippen molar-refractivity contribution in [2.45, 2.75) is 12.8 Å². The van der Waals surface area contributed by atoms with Crippen molar-refractivity contribution in [1.29, 1.82) is 21.2 Å². The number of rotatable bonds is 2. The summed E-state index contributed by atoms with van der Waals surface area (Å²) in [6.45, 7) is 4.16. The van der Waals surface area contributed by atoms with Crippen LogP contribution in [-0.2, 0) is 0 Å². The van der Waals surface area contributed by atoms with Crippen LogP contribution in [0.2, 0.25) is 0 Å². The number of likely N-dealkylation sites (N-methyl/N-ethyl adjacent to an activating group) is 1. The van der Waals surface area contributed by atoms with Crippen LogP contribution in [0.3, 0.4) is 0 Å². The van der Waals surface area contributed by atoms with E-state index in [-0.39, 0.29) is 11.6 Å². The van der Waals surface area contributed by atoms with E-state index in [1.54, 1.807) is 18.2 Å². The second kappa shape index (κ2) is 6.71. The van der Waals surface area contributed by atoms with Crippen LogP contribution in [0, 0.1) is 62.5 Å². The maximum Gasteiger partial charge on any atom is 0.203 e. The molecule has 1 aromatic rings. The van der Waals surface area contributed by atoms with Crippen molar-refractivity contribution in [3.05, 3.63) is 47.3 Å². The highest BCUT2D eigenvalue weighted by Crippen LogP contribution is 2.51. The van der Waals surface area contributed by atoms with Crippen molar-refractivity contribution >= 4 is 5.71 Å². The molecular formula is C20H19FN5+. The first-order valence-corrected chi connectivity index (χ1v) is 8.63. The van der Waals surface area contributed by atoms with Crippen molar-refractivity contribution in [2.24, 2.45) is 17.3 Å². The summed E-state index contributed by atoms with van der Waals surface area (Å²) in [5.74, 6) is -2.33. The topological polar surface area (TPSA) is 99.7 Å². The van der Waals surface area contributed by atoms with Gasteiger partial charge in [0.25, 0.3) is 0 Å². The van der Waals surface area contributed by atoms with E-state index in [4.69, 9.17) is 5.41 Å². The molecule has 6 heteroatoms. The predicted molar refractivity (Wildman–Crippen MR) is 92.4 cm³/mol. The Hall–Kier alpha value is -3.01. The fourth-order valence-electron chi connectivity index (χ4n) is 4.31. The smallest absolute Gasteiger partial charge is 0.203 e. The van der Waals surface area contributed by atoms with Crippen LogP contribution in [0.15, 0.2) is 35.9 Å². The standard InChI is InChI=1S/C20H18FN5/c1-2-26-8-7-16-15(10-26)18(13-5-3-4-6-17(13)21)14(9-22)19(25)20(16,11-23)12-24/h3-7,14-15,18,25H,2,8,10H2,1H3/p+1/t14-,15+,18-/m1/s1. The second-order valence-electron chi connectivity index (χ2n) is 6.82. The highest BCUT2D eigenvalue weighted by Gasteiger charge is 2.57. The molecule has 1 aromatic carbocycles. The molecule has 0 bridgehead atoms. The summed E-state index contributed by atoms with van der Waals surface area (Å²) in [6, 6.07) is 12.4. The Bertz CT molecular complexity index is 884. The Balaban J connectivity index is 2.25. The summed E-state index contributed by atoms with van der Waals surface area (Å²) >= 11 is 0. The number of hydrogen-bond donors (Lipinski definition) is 2. The van der Waals surface area contributed by atoms with E-state index in [1.807, 2.05) is 25.1 Å². The Kier molecular flexibility index (Phi) is 4.60. The molecule has 130 valence electrons. The molecule has 2 N–H and O–H groups in total. The third-order valence-corrected chi connectivity index (χ3v) is 5.70. The molecule has 1 unspecified atom stereocenters. The molecule has 26 heavy (non-hydrogen) atoms. The van der Waals surface area contributed by atoms with Gasteiger partial charge in [-0.15, -0.1) is 0 Å². The second-order valence-corrected chi connectivity index (χ2v) is 6.82. The molecule has 1 fully saturated rings. The summed E-state index contributed by atoms with van der Waals surface area (Å²) in [6.07, 6.45) is 1.86. The van der Waals surface area contributed by atoms with Crippen molar-refractivity contribution in [3.63, 3.8) is 0 Å². The van der Waals surface area contributed by atoms with E-state index in [9.17, 15) is 20.2 Å². The fraction of sp³-hybridized carbons (Fsp3) is 0.400. The molecule has 1 aliphatic heterocycles. The number of nitrogens with one attached hydrogen (secondary N) is 2. The van der Waals surface area contributed by atoms with Crippen molar-refractivity contribution < 1.29 is 9.29 Å². The highest BCUT2D eigenvalue weighted by molar-refractivity contribution is 6.01. The molecule has 0 aromatic heterocycles. The zero-order valence-electron chi connectivity index (χ0n) is 14.5. The lowest BCUT2D eigenvalue weighted by atomic mass is 9.55. The van der Waals surface area contributed by atoms with E-state index in [2.05, 4.69) is 6.07 Å². The third kappa shape index (κ3) is 2.41. The Labute approximate surface area is 152 Å². The van der Waals surface area contributed by atoms with Gasteiger partial charge in [-0.3, -0.25) is 0 Å². The van der Waals surface area contributed by atoms with Crippen molar-refractivity contribution in [2.75, 3.05) is 19.6 Å². The van der Waals surface area contributed by atoms with Gasteiger partial charge in [-0.1, -0.05) is 18.2 Å². The number of quaternary nitrogens is 1. The summed E-state index contributed by atoms with van der Waals surface area (Å²) in [7, 11) is 0. The molecule has 1 aliphatic carbocycles. The Morgan fingerprint density at radius 2 is 1.96 bits per heavy atom. The largest absolute Gasteiger partial charge is 0.331 e. The zero-order chi connectivity index (χ0) is 18.9. The van der Waals surface area contributed by atoms with E-state index < -0.39 is 23.1 Å². The van der Waals surface area contributed by atoms with E-state index in [0.717, 1.165) is 6.54 Å². The zero-order valence-corrected chi connectivity index (χ0v) is 14.5. The van der Waals surface area contributed by atoms with Crippen LogP contribution in [0.5, 0.6) is 0 Å². The van der Waals surface area contributed by atoms with Crippen LogP contribution < -0.4 is 4.90 Å². The molecule has 4 atom stereocenters. The van der Waals surface area contributed by atoms with E-state index in [0.29, 0.717) is 24.2 Å². The lowest BCUT2D eigenvalue weighted by Gasteiger charge is -2.45. The highest BCUT2D eigenvalue weighted by atomic mass is 19.1. The molecule has 0 amide bonds. The molecule has 0 spiro atoms. The molecule has 0 radical (unpaired) electrons. The molecule has 0 saturated heterocycles. The van der Waals surface area contributed by atoms with Gasteiger partial charge in [0, 0.05) is 11.8 Å². The molecule has 2 aliphatic rings. The number of benzene rings is 1. The SMILES string of the molecule is CC[NH+]1CC=C2[C@H](C1)[C@H](c1ccccc1F)[C@@H](C#N)C(=N)C2(C#N)C#N. The molecular weight excluding hydrogens is 329 g/mol. The Morgan fingerprint density at radius 3 is 2.54 bits per heavy atom. The van der Waals surface area contributed by atoms with Crippen molar-refractivity contribution in [1.82, 2.24) is 0 Å². The van der Waals surface area contributed by atoms with Crippen LogP contribution in [0.25, 0.3) is 0 Å². The van der Waals surface area contributed by atoms with Gasteiger partial charge < -0.3 is 10.3 Å². The fourth-order valence-corrected chi connectivity index (χ4v) is 4.31. The average Bonchev–Trinajstić information content (AvgIpc) is 2.68. The number of nitriles is 3. The summed E-state index contributed by atoms with van der Waals surface area (Å²) in [5.41, 5.74) is -1.03.